The standard InChI is InChI=1S/C13H15N3O3S/c1-19-11-7-10(9-15-20(2,17)18)16-13(8-11)12-5-3-4-6-14-12/h3-8,15H,9H2,1-2H3. The van der Waals surface area contributed by atoms with Crippen molar-refractivity contribution < 1.29 is 13.2 Å². The summed E-state index contributed by atoms with van der Waals surface area (Å²) in [5.41, 5.74) is 1.90. The third-order valence-electron chi connectivity index (χ3n) is 2.53. The molecule has 0 aliphatic heterocycles. The van der Waals surface area contributed by atoms with E-state index in [1.54, 1.807) is 25.4 Å². The summed E-state index contributed by atoms with van der Waals surface area (Å²) in [4.78, 5) is 8.60. The molecule has 0 aliphatic rings. The Labute approximate surface area is 117 Å². The zero-order chi connectivity index (χ0) is 14.6. The second kappa shape index (κ2) is 5.98. The van der Waals surface area contributed by atoms with Crippen LogP contribution < -0.4 is 9.46 Å². The molecule has 2 aromatic rings. The van der Waals surface area contributed by atoms with Gasteiger partial charge in [-0.15, -0.1) is 0 Å². The highest BCUT2D eigenvalue weighted by Gasteiger charge is 2.08. The number of methoxy groups -OCH3 is 1. The Morgan fingerprint density at radius 1 is 1.25 bits per heavy atom. The van der Waals surface area contributed by atoms with Crippen molar-refractivity contribution >= 4 is 10.0 Å². The van der Waals surface area contributed by atoms with Crippen LogP contribution >= 0.6 is 0 Å². The van der Waals surface area contributed by atoms with Crippen molar-refractivity contribution in [1.29, 1.82) is 0 Å². The SMILES string of the molecule is COc1cc(CNS(C)(=O)=O)nc(-c2ccccn2)c1. The Balaban J connectivity index is 2.34. The average Bonchev–Trinajstić information content (AvgIpc) is 2.45. The molecule has 0 saturated heterocycles. The van der Waals surface area contributed by atoms with Gasteiger partial charge in [-0.25, -0.2) is 18.1 Å². The number of ether oxygens (including phenoxy) is 1. The number of sulfonamides is 1. The van der Waals surface area contributed by atoms with E-state index < -0.39 is 10.0 Å². The third kappa shape index (κ3) is 4.01. The normalized spacial score (nSPS) is 11.3. The zero-order valence-electron chi connectivity index (χ0n) is 11.2. The summed E-state index contributed by atoms with van der Waals surface area (Å²) >= 11 is 0. The minimum atomic E-state index is -3.27. The van der Waals surface area contributed by atoms with Gasteiger partial charge in [-0.3, -0.25) is 4.98 Å². The van der Waals surface area contributed by atoms with E-state index in [1.165, 1.54) is 0 Å². The van der Waals surface area contributed by atoms with Gasteiger partial charge in [0.1, 0.15) is 5.75 Å². The molecule has 7 heteroatoms. The summed E-state index contributed by atoms with van der Waals surface area (Å²) in [6, 6.07) is 8.94. The summed E-state index contributed by atoms with van der Waals surface area (Å²) in [5, 5.41) is 0. The molecule has 0 atom stereocenters. The topological polar surface area (TPSA) is 81.2 Å². The van der Waals surface area contributed by atoms with Crippen LogP contribution in [0.3, 0.4) is 0 Å². The molecule has 2 heterocycles. The largest absolute Gasteiger partial charge is 0.497 e. The minimum absolute atomic E-state index is 0.107. The third-order valence-corrected chi connectivity index (χ3v) is 3.20. The van der Waals surface area contributed by atoms with Crippen molar-refractivity contribution in [1.82, 2.24) is 14.7 Å². The van der Waals surface area contributed by atoms with Gasteiger partial charge in [-0.05, 0) is 12.1 Å². The fourth-order valence-corrected chi connectivity index (χ4v) is 2.03. The second-order valence-corrected chi connectivity index (χ2v) is 6.02. The fourth-order valence-electron chi connectivity index (χ4n) is 1.62. The Morgan fingerprint density at radius 2 is 2.05 bits per heavy atom. The van der Waals surface area contributed by atoms with Gasteiger partial charge in [-0.2, -0.15) is 0 Å². The van der Waals surface area contributed by atoms with E-state index in [2.05, 4.69) is 14.7 Å². The summed E-state index contributed by atoms with van der Waals surface area (Å²) in [5.74, 6) is 0.603. The van der Waals surface area contributed by atoms with Crippen LogP contribution in [0.1, 0.15) is 5.69 Å². The molecule has 1 N–H and O–H groups in total. The van der Waals surface area contributed by atoms with Crippen molar-refractivity contribution in [3.8, 4) is 17.1 Å². The van der Waals surface area contributed by atoms with Gasteiger partial charge in [0.2, 0.25) is 10.0 Å². The highest BCUT2D eigenvalue weighted by molar-refractivity contribution is 7.88. The maximum absolute atomic E-state index is 11.1. The Hall–Kier alpha value is -1.99. The molecule has 0 bridgehead atoms. The number of hydrogen-bond acceptors (Lipinski definition) is 5. The van der Waals surface area contributed by atoms with Crippen LogP contribution in [0.15, 0.2) is 36.5 Å². The molecule has 2 aromatic heterocycles. The van der Waals surface area contributed by atoms with E-state index in [1.807, 2.05) is 18.2 Å². The molecule has 106 valence electrons. The number of pyridine rings is 2. The molecule has 0 unspecified atom stereocenters. The van der Waals surface area contributed by atoms with Crippen LogP contribution in [0.4, 0.5) is 0 Å². The molecule has 0 spiro atoms. The van der Waals surface area contributed by atoms with Crippen molar-refractivity contribution in [2.45, 2.75) is 6.54 Å². The molecule has 6 nitrogen and oxygen atoms in total. The van der Waals surface area contributed by atoms with Crippen molar-refractivity contribution in [3.05, 3.63) is 42.2 Å². The summed E-state index contributed by atoms with van der Waals surface area (Å²) in [7, 11) is -1.72. The van der Waals surface area contributed by atoms with Crippen molar-refractivity contribution in [2.24, 2.45) is 0 Å². The van der Waals surface area contributed by atoms with E-state index in [9.17, 15) is 8.42 Å². The predicted octanol–water partition coefficient (Wildman–Crippen LogP) is 1.20. The van der Waals surface area contributed by atoms with E-state index in [0.717, 1.165) is 6.26 Å². The van der Waals surface area contributed by atoms with Gasteiger partial charge in [0.05, 0.1) is 37.0 Å². The van der Waals surface area contributed by atoms with Crippen molar-refractivity contribution in [3.63, 3.8) is 0 Å². The van der Waals surface area contributed by atoms with Crippen LogP contribution in [0, 0.1) is 0 Å². The van der Waals surface area contributed by atoms with Crippen molar-refractivity contribution in [2.75, 3.05) is 13.4 Å². The maximum Gasteiger partial charge on any atom is 0.209 e. The first kappa shape index (κ1) is 14.4. The number of aromatic nitrogens is 2. The highest BCUT2D eigenvalue weighted by Crippen LogP contribution is 2.21. The number of rotatable bonds is 5. The van der Waals surface area contributed by atoms with Gasteiger partial charge in [-0.1, -0.05) is 6.07 Å². The summed E-state index contributed by atoms with van der Waals surface area (Å²) < 4.78 is 29.9. The predicted molar refractivity (Wildman–Crippen MR) is 75.7 cm³/mol. The summed E-state index contributed by atoms with van der Waals surface area (Å²) in [6.45, 7) is 0.107. The van der Waals surface area contributed by atoms with E-state index >= 15 is 0 Å². The summed E-state index contributed by atoms with van der Waals surface area (Å²) in [6.07, 6.45) is 2.78. The lowest BCUT2D eigenvalue weighted by Crippen LogP contribution is -2.21. The van der Waals surface area contributed by atoms with E-state index in [4.69, 9.17) is 4.74 Å². The van der Waals surface area contributed by atoms with E-state index in [0.29, 0.717) is 22.8 Å². The Morgan fingerprint density at radius 3 is 2.65 bits per heavy atom. The Kier molecular flexibility index (Phi) is 4.31. The van der Waals surface area contributed by atoms with Gasteiger partial charge >= 0.3 is 0 Å². The van der Waals surface area contributed by atoms with Crippen LogP contribution in [0.25, 0.3) is 11.4 Å². The zero-order valence-corrected chi connectivity index (χ0v) is 12.0. The maximum atomic E-state index is 11.1. The fraction of sp³-hybridized carbons (Fsp3) is 0.231. The second-order valence-electron chi connectivity index (χ2n) is 4.19. The molecule has 0 radical (unpaired) electrons. The molecular weight excluding hydrogens is 278 g/mol. The lowest BCUT2D eigenvalue weighted by molar-refractivity contribution is 0.413. The molecule has 0 saturated carbocycles. The quantitative estimate of drug-likeness (QED) is 0.896. The van der Waals surface area contributed by atoms with Crippen LogP contribution in [-0.4, -0.2) is 31.8 Å². The molecule has 0 aliphatic carbocycles. The number of nitrogens with one attached hydrogen (secondary N) is 1. The number of nitrogens with zero attached hydrogens (tertiary/aromatic N) is 2. The number of hydrogen-bond donors (Lipinski definition) is 1. The lowest BCUT2D eigenvalue weighted by Gasteiger charge is -2.08. The first-order valence-electron chi connectivity index (χ1n) is 5.89. The van der Waals surface area contributed by atoms with Gasteiger partial charge in [0.25, 0.3) is 0 Å². The highest BCUT2D eigenvalue weighted by atomic mass is 32.2. The molecule has 0 aromatic carbocycles. The van der Waals surface area contributed by atoms with E-state index in [-0.39, 0.29) is 6.54 Å². The molecule has 2 rings (SSSR count). The first-order valence-corrected chi connectivity index (χ1v) is 7.78. The first-order chi connectivity index (χ1) is 9.48. The molecular formula is C13H15N3O3S. The molecule has 0 fully saturated rings. The average molecular weight is 293 g/mol. The van der Waals surface area contributed by atoms with Gasteiger partial charge in [0, 0.05) is 18.3 Å². The smallest absolute Gasteiger partial charge is 0.209 e. The van der Waals surface area contributed by atoms with Gasteiger partial charge < -0.3 is 4.74 Å². The van der Waals surface area contributed by atoms with Crippen LogP contribution in [0.2, 0.25) is 0 Å². The Bertz CT molecular complexity index is 687. The van der Waals surface area contributed by atoms with Crippen LogP contribution in [-0.2, 0) is 16.6 Å². The monoisotopic (exact) mass is 293 g/mol. The van der Waals surface area contributed by atoms with Gasteiger partial charge in [0.15, 0.2) is 0 Å². The molecule has 20 heavy (non-hydrogen) atoms. The lowest BCUT2D eigenvalue weighted by atomic mass is 10.2. The van der Waals surface area contributed by atoms with Crippen LogP contribution in [0.5, 0.6) is 5.75 Å². The molecule has 0 amide bonds. The minimum Gasteiger partial charge on any atom is -0.497 e.